The third-order valence-electron chi connectivity index (χ3n) is 5.67. The lowest BCUT2D eigenvalue weighted by molar-refractivity contribution is -0.902. The van der Waals surface area contributed by atoms with Gasteiger partial charge in [0.25, 0.3) is 5.91 Å². The van der Waals surface area contributed by atoms with E-state index < -0.39 is 0 Å². The number of aryl methyl sites for hydroxylation is 2. The van der Waals surface area contributed by atoms with Crippen molar-refractivity contribution in [2.75, 3.05) is 25.0 Å². The van der Waals surface area contributed by atoms with E-state index in [0.29, 0.717) is 6.54 Å². The summed E-state index contributed by atoms with van der Waals surface area (Å²) < 4.78 is 1.82. The highest BCUT2D eigenvalue weighted by Gasteiger charge is 2.34. The van der Waals surface area contributed by atoms with Gasteiger partial charge < -0.3 is 10.2 Å². The average Bonchev–Trinajstić information content (AvgIpc) is 2.73. The molecule has 1 saturated carbocycles. The summed E-state index contributed by atoms with van der Waals surface area (Å²) in [6, 6.07) is 0. The van der Waals surface area contributed by atoms with Gasteiger partial charge in [-0.15, -0.1) is 0 Å². The van der Waals surface area contributed by atoms with Crippen LogP contribution in [-0.2, 0) is 11.8 Å². The number of likely N-dealkylation sites (tertiary alicyclic amines) is 1. The normalized spacial score (nSPS) is 28.2. The molecule has 1 aliphatic carbocycles. The van der Waals surface area contributed by atoms with Crippen molar-refractivity contribution < 1.29 is 9.69 Å². The number of hydrogen-bond donors (Lipinski definition) is 2. The topological polar surface area (TPSA) is 51.4 Å². The fourth-order valence-corrected chi connectivity index (χ4v) is 4.32. The van der Waals surface area contributed by atoms with Crippen LogP contribution in [0.25, 0.3) is 0 Å². The highest BCUT2D eigenvalue weighted by molar-refractivity contribution is 5.92. The van der Waals surface area contributed by atoms with Crippen LogP contribution in [0.3, 0.4) is 0 Å². The van der Waals surface area contributed by atoms with Crippen molar-refractivity contribution in [3.63, 3.8) is 0 Å². The van der Waals surface area contributed by atoms with Crippen molar-refractivity contribution in [1.29, 1.82) is 0 Å². The second-order valence-electron chi connectivity index (χ2n) is 7.19. The molecule has 122 valence electrons. The maximum absolute atomic E-state index is 12.4. The molecule has 5 heteroatoms. The number of nitrogens with one attached hydrogen (secondary N) is 2. The second-order valence-corrected chi connectivity index (χ2v) is 7.19. The van der Waals surface area contributed by atoms with Crippen LogP contribution in [0.1, 0.15) is 43.5 Å². The summed E-state index contributed by atoms with van der Waals surface area (Å²) in [5.41, 5.74) is 2.81. The van der Waals surface area contributed by atoms with Crippen molar-refractivity contribution in [2.24, 2.45) is 18.9 Å². The molecule has 2 heterocycles. The summed E-state index contributed by atoms with van der Waals surface area (Å²) in [4.78, 5) is 13.8. The molecule has 1 aromatic rings. The molecule has 5 nitrogen and oxygen atoms in total. The molecule has 1 unspecified atom stereocenters. The molecule has 22 heavy (non-hydrogen) atoms. The predicted octanol–water partition coefficient (Wildman–Crippen LogP) is 1.07. The van der Waals surface area contributed by atoms with E-state index in [4.69, 9.17) is 0 Å². The Balaban J connectivity index is 1.56. The fraction of sp³-hybridized carbons (Fsp3) is 0.765. The lowest BCUT2D eigenvalue weighted by atomic mass is 9.75. The molecule has 2 fully saturated rings. The van der Waals surface area contributed by atoms with Gasteiger partial charge >= 0.3 is 0 Å². The third-order valence-corrected chi connectivity index (χ3v) is 5.67. The Morgan fingerprint density at radius 3 is 2.68 bits per heavy atom. The number of hydrogen-bond acceptors (Lipinski definition) is 2. The molecule has 2 aliphatic rings. The zero-order valence-corrected chi connectivity index (χ0v) is 14.1. The van der Waals surface area contributed by atoms with Crippen LogP contribution in [0.4, 0.5) is 5.69 Å². The Kier molecular flexibility index (Phi) is 4.52. The van der Waals surface area contributed by atoms with Gasteiger partial charge in [-0.3, -0.25) is 9.48 Å². The lowest BCUT2D eigenvalue weighted by Gasteiger charge is -2.38. The van der Waals surface area contributed by atoms with E-state index in [2.05, 4.69) is 10.4 Å². The number of piperidine rings is 1. The SMILES string of the molecule is Cc1nn(C)c(C)c1NC(=O)C[NH+]1CC[C@H]2CCCC[C@@H]2C1. The number of nitrogens with zero attached hydrogens (tertiary/aromatic N) is 2. The quantitative estimate of drug-likeness (QED) is 0.878. The van der Waals surface area contributed by atoms with Crippen LogP contribution in [0.5, 0.6) is 0 Å². The molecule has 0 bridgehead atoms. The first kappa shape index (κ1) is 15.5. The Morgan fingerprint density at radius 2 is 2.00 bits per heavy atom. The van der Waals surface area contributed by atoms with Gasteiger partial charge in [-0.2, -0.15) is 5.10 Å². The number of quaternary nitrogens is 1. The minimum atomic E-state index is 0.128. The van der Waals surface area contributed by atoms with E-state index in [1.54, 1.807) is 0 Å². The zero-order chi connectivity index (χ0) is 15.7. The van der Waals surface area contributed by atoms with E-state index in [0.717, 1.165) is 35.5 Å². The Bertz CT molecular complexity index is 551. The second kappa shape index (κ2) is 6.41. The number of carbonyl (C=O) groups excluding carboxylic acids is 1. The summed E-state index contributed by atoms with van der Waals surface area (Å²) in [6.45, 7) is 6.87. The van der Waals surface area contributed by atoms with Crippen molar-refractivity contribution in [3.8, 4) is 0 Å². The molecule has 0 radical (unpaired) electrons. The van der Waals surface area contributed by atoms with Crippen LogP contribution in [0, 0.1) is 25.7 Å². The van der Waals surface area contributed by atoms with Crippen molar-refractivity contribution in [3.05, 3.63) is 11.4 Å². The average molecular weight is 305 g/mol. The van der Waals surface area contributed by atoms with E-state index in [-0.39, 0.29) is 5.91 Å². The molecule has 3 atom stereocenters. The first-order chi connectivity index (χ1) is 10.5. The summed E-state index contributed by atoms with van der Waals surface area (Å²) in [7, 11) is 1.91. The molecule has 1 aliphatic heterocycles. The van der Waals surface area contributed by atoms with Crippen molar-refractivity contribution >= 4 is 11.6 Å². The zero-order valence-electron chi connectivity index (χ0n) is 14.1. The van der Waals surface area contributed by atoms with Crippen LogP contribution in [-0.4, -0.2) is 35.3 Å². The summed E-state index contributed by atoms with van der Waals surface area (Å²) in [5.74, 6) is 1.92. The molecule has 1 saturated heterocycles. The third kappa shape index (κ3) is 3.19. The number of rotatable bonds is 3. The minimum absolute atomic E-state index is 0.128. The van der Waals surface area contributed by atoms with Crippen LogP contribution in [0.15, 0.2) is 0 Å². The van der Waals surface area contributed by atoms with E-state index >= 15 is 0 Å². The lowest BCUT2D eigenvalue weighted by Crippen LogP contribution is -3.15. The van der Waals surface area contributed by atoms with E-state index in [1.807, 2.05) is 25.6 Å². The maximum atomic E-state index is 12.4. The summed E-state index contributed by atoms with van der Waals surface area (Å²) in [6.07, 6.45) is 6.89. The van der Waals surface area contributed by atoms with Crippen LogP contribution < -0.4 is 10.2 Å². The van der Waals surface area contributed by atoms with E-state index in [1.165, 1.54) is 43.5 Å². The molecule has 2 N–H and O–H groups in total. The molecular formula is C17H29N4O+. The predicted molar refractivity (Wildman–Crippen MR) is 86.9 cm³/mol. The van der Waals surface area contributed by atoms with Gasteiger partial charge in [0.15, 0.2) is 6.54 Å². The minimum Gasteiger partial charge on any atom is -0.327 e. The smallest absolute Gasteiger partial charge is 0.279 e. The Hall–Kier alpha value is -1.36. The highest BCUT2D eigenvalue weighted by Crippen LogP contribution is 2.32. The summed E-state index contributed by atoms with van der Waals surface area (Å²) in [5, 5.41) is 7.44. The van der Waals surface area contributed by atoms with Gasteiger partial charge in [0.2, 0.25) is 0 Å². The van der Waals surface area contributed by atoms with E-state index in [9.17, 15) is 4.79 Å². The van der Waals surface area contributed by atoms with Gasteiger partial charge in [0, 0.05) is 13.0 Å². The van der Waals surface area contributed by atoms with Crippen molar-refractivity contribution in [2.45, 2.75) is 46.0 Å². The molecule has 0 spiro atoms. The number of aromatic nitrogens is 2. The monoisotopic (exact) mass is 305 g/mol. The summed E-state index contributed by atoms with van der Waals surface area (Å²) >= 11 is 0. The van der Waals surface area contributed by atoms with Gasteiger partial charge in [-0.05, 0) is 39.0 Å². The van der Waals surface area contributed by atoms with Crippen LogP contribution >= 0.6 is 0 Å². The first-order valence-electron chi connectivity index (χ1n) is 8.68. The molecule has 1 aromatic heterocycles. The Morgan fingerprint density at radius 1 is 1.27 bits per heavy atom. The van der Waals surface area contributed by atoms with Crippen molar-refractivity contribution in [1.82, 2.24) is 9.78 Å². The molecule has 1 amide bonds. The standard InChI is InChI=1S/C17H28N4O/c1-12-17(13(2)20(3)19-12)18-16(22)11-21-9-8-14-6-4-5-7-15(14)10-21/h14-15H,4-11H2,1-3H3,(H,18,22)/p+1/t14-,15-/m1/s1. The number of anilines is 1. The van der Waals surface area contributed by atoms with Gasteiger partial charge in [0.05, 0.1) is 30.2 Å². The van der Waals surface area contributed by atoms with Gasteiger partial charge in [-0.25, -0.2) is 0 Å². The first-order valence-corrected chi connectivity index (χ1v) is 8.68. The highest BCUT2D eigenvalue weighted by atomic mass is 16.2. The number of amides is 1. The van der Waals surface area contributed by atoms with Crippen LogP contribution in [0.2, 0.25) is 0 Å². The molecular weight excluding hydrogens is 276 g/mol. The molecule has 0 aromatic carbocycles. The molecule has 3 rings (SSSR count). The number of fused-ring (bicyclic) bond motifs is 1. The van der Waals surface area contributed by atoms with Gasteiger partial charge in [0.1, 0.15) is 0 Å². The fourth-order valence-electron chi connectivity index (χ4n) is 4.32. The Labute approximate surface area is 133 Å². The maximum Gasteiger partial charge on any atom is 0.279 e. The largest absolute Gasteiger partial charge is 0.327 e. The van der Waals surface area contributed by atoms with Gasteiger partial charge in [-0.1, -0.05) is 12.8 Å². The number of carbonyl (C=O) groups is 1.